The van der Waals surface area contributed by atoms with Crippen LogP contribution < -0.4 is 5.32 Å². The van der Waals surface area contributed by atoms with Crippen molar-refractivity contribution in [3.63, 3.8) is 0 Å². The van der Waals surface area contributed by atoms with Crippen LogP contribution in [0.25, 0.3) is 0 Å². The Balaban J connectivity index is 2.45. The van der Waals surface area contributed by atoms with Gasteiger partial charge in [-0.1, -0.05) is 17.7 Å². The van der Waals surface area contributed by atoms with Gasteiger partial charge in [-0.25, -0.2) is 0 Å². The highest BCUT2D eigenvalue weighted by Crippen LogP contribution is 2.26. The first-order valence-electron chi connectivity index (χ1n) is 5.54. The first kappa shape index (κ1) is 12.1. The summed E-state index contributed by atoms with van der Waals surface area (Å²) in [5.41, 5.74) is 3.37. The lowest BCUT2D eigenvalue weighted by Gasteiger charge is -2.17. The first-order chi connectivity index (χ1) is 8.11. The van der Waals surface area contributed by atoms with E-state index in [4.69, 9.17) is 11.6 Å². The molecule has 1 aromatic carbocycles. The molecule has 0 aliphatic rings. The Morgan fingerprint density at radius 1 is 1.35 bits per heavy atom. The van der Waals surface area contributed by atoms with Crippen molar-refractivity contribution in [1.29, 1.82) is 0 Å². The zero-order valence-electron chi connectivity index (χ0n) is 10.2. The summed E-state index contributed by atoms with van der Waals surface area (Å²) < 4.78 is 1.81. The van der Waals surface area contributed by atoms with Gasteiger partial charge in [-0.15, -0.1) is 0 Å². The van der Waals surface area contributed by atoms with E-state index < -0.39 is 0 Å². The molecule has 2 rings (SSSR count). The summed E-state index contributed by atoms with van der Waals surface area (Å²) in [6, 6.07) is 8.03. The zero-order valence-corrected chi connectivity index (χ0v) is 11.0. The maximum Gasteiger partial charge on any atom is 0.0839 e. The number of benzene rings is 1. The second-order valence-electron chi connectivity index (χ2n) is 4.14. The van der Waals surface area contributed by atoms with E-state index in [9.17, 15) is 0 Å². The molecule has 1 aromatic heterocycles. The van der Waals surface area contributed by atoms with Crippen molar-refractivity contribution in [1.82, 2.24) is 15.1 Å². The maximum atomic E-state index is 6.06. The number of nitrogens with one attached hydrogen (secondary N) is 1. The van der Waals surface area contributed by atoms with Crippen molar-refractivity contribution in [3.05, 3.63) is 52.3 Å². The summed E-state index contributed by atoms with van der Waals surface area (Å²) in [7, 11) is 3.85. The minimum Gasteiger partial charge on any atom is -0.308 e. The SMILES string of the molecule is CNC(c1ccn(C)n1)c1cc(Cl)ccc1C. The fourth-order valence-corrected chi connectivity index (χ4v) is 2.15. The van der Waals surface area contributed by atoms with Gasteiger partial charge in [0.05, 0.1) is 11.7 Å². The van der Waals surface area contributed by atoms with Crippen LogP contribution >= 0.6 is 11.6 Å². The van der Waals surface area contributed by atoms with Gasteiger partial charge in [-0.3, -0.25) is 4.68 Å². The minimum atomic E-state index is 0.0786. The Morgan fingerprint density at radius 2 is 2.12 bits per heavy atom. The molecule has 2 aromatic rings. The number of aromatic nitrogens is 2. The molecule has 0 aliphatic carbocycles. The average molecular weight is 250 g/mol. The molecule has 1 unspecified atom stereocenters. The van der Waals surface area contributed by atoms with E-state index in [1.807, 2.05) is 44.6 Å². The molecule has 0 bridgehead atoms. The number of rotatable bonds is 3. The molecule has 0 saturated carbocycles. The normalized spacial score (nSPS) is 12.7. The third-order valence-electron chi connectivity index (χ3n) is 2.87. The average Bonchev–Trinajstić information content (AvgIpc) is 2.71. The molecule has 0 radical (unpaired) electrons. The third kappa shape index (κ3) is 2.51. The van der Waals surface area contributed by atoms with Gasteiger partial charge < -0.3 is 5.32 Å². The predicted octanol–water partition coefficient (Wildman–Crippen LogP) is 2.69. The summed E-state index contributed by atoms with van der Waals surface area (Å²) in [6.45, 7) is 2.08. The third-order valence-corrected chi connectivity index (χ3v) is 3.11. The summed E-state index contributed by atoms with van der Waals surface area (Å²) in [6.07, 6.45) is 1.94. The molecule has 0 fully saturated rings. The summed E-state index contributed by atoms with van der Waals surface area (Å²) in [5, 5.41) is 8.47. The van der Waals surface area contributed by atoms with E-state index in [0.717, 1.165) is 10.7 Å². The minimum absolute atomic E-state index is 0.0786. The van der Waals surface area contributed by atoms with Gasteiger partial charge in [0.2, 0.25) is 0 Å². The van der Waals surface area contributed by atoms with Crippen LogP contribution in [0, 0.1) is 6.92 Å². The molecule has 1 atom stereocenters. The molecule has 1 N–H and O–H groups in total. The fourth-order valence-electron chi connectivity index (χ4n) is 1.97. The largest absolute Gasteiger partial charge is 0.308 e. The molecule has 3 nitrogen and oxygen atoms in total. The smallest absolute Gasteiger partial charge is 0.0839 e. The van der Waals surface area contributed by atoms with E-state index in [1.165, 1.54) is 11.1 Å². The highest BCUT2D eigenvalue weighted by atomic mass is 35.5. The van der Waals surface area contributed by atoms with E-state index >= 15 is 0 Å². The van der Waals surface area contributed by atoms with Crippen LogP contribution in [0.15, 0.2) is 30.5 Å². The molecule has 4 heteroatoms. The Bertz CT molecular complexity index is 519. The monoisotopic (exact) mass is 249 g/mol. The molecule has 0 amide bonds. The number of halogens is 1. The first-order valence-corrected chi connectivity index (χ1v) is 5.92. The van der Waals surface area contributed by atoms with Gasteiger partial charge in [0.1, 0.15) is 0 Å². The van der Waals surface area contributed by atoms with E-state index in [2.05, 4.69) is 17.3 Å². The predicted molar refractivity (Wildman–Crippen MR) is 70.3 cm³/mol. The molecule has 0 spiro atoms. The lowest BCUT2D eigenvalue weighted by atomic mass is 9.99. The molecular formula is C13H16ClN3. The quantitative estimate of drug-likeness (QED) is 0.907. The summed E-state index contributed by atoms with van der Waals surface area (Å²) >= 11 is 6.06. The Labute approximate surface area is 106 Å². The number of hydrogen-bond donors (Lipinski definition) is 1. The lowest BCUT2D eigenvalue weighted by molar-refractivity contribution is 0.639. The zero-order chi connectivity index (χ0) is 12.4. The molecule has 1 heterocycles. The van der Waals surface area contributed by atoms with Crippen molar-refractivity contribution in [3.8, 4) is 0 Å². The molecule has 0 saturated heterocycles. The van der Waals surface area contributed by atoms with Crippen molar-refractivity contribution in [2.75, 3.05) is 7.05 Å². The highest BCUT2D eigenvalue weighted by Gasteiger charge is 2.16. The Morgan fingerprint density at radius 3 is 2.71 bits per heavy atom. The number of aryl methyl sites for hydroxylation is 2. The van der Waals surface area contributed by atoms with E-state index in [0.29, 0.717) is 0 Å². The van der Waals surface area contributed by atoms with Crippen LogP contribution in [0.1, 0.15) is 22.9 Å². The number of nitrogens with zero attached hydrogens (tertiary/aromatic N) is 2. The van der Waals surface area contributed by atoms with Crippen LogP contribution in [-0.4, -0.2) is 16.8 Å². The van der Waals surface area contributed by atoms with Crippen molar-refractivity contribution >= 4 is 11.6 Å². The standard InChI is InChI=1S/C13H16ClN3/c1-9-4-5-10(14)8-11(9)13(15-2)12-6-7-17(3)16-12/h4-8,13,15H,1-3H3. The van der Waals surface area contributed by atoms with Crippen LogP contribution in [0.4, 0.5) is 0 Å². The molecule has 17 heavy (non-hydrogen) atoms. The Kier molecular flexibility index (Phi) is 3.50. The second kappa shape index (κ2) is 4.90. The molecule has 0 aliphatic heterocycles. The number of hydrogen-bond acceptors (Lipinski definition) is 2. The van der Waals surface area contributed by atoms with Crippen LogP contribution in [0.5, 0.6) is 0 Å². The fraction of sp³-hybridized carbons (Fsp3) is 0.308. The van der Waals surface area contributed by atoms with Crippen molar-refractivity contribution < 1.29 is 0 Å². The van der Waals surface area contributed by atoms with Crippen molar-refractivity contribution in [2.24, 2.45) is 7.05 Å². The van der Waals surface area contributed by atoms with Gasteiger partial charge in [-0.05, 0) is 43.3 Å². The molecular weight excluding hydrogens is 234 g/mol. The van der Waals surface area contributed by atoms with Crippen LogP contribution in [0.2, 0.25) is 5.02 Å². The summed E-state index contributed by atoms with van der Waals surface area (Å²) in [5.74, 6) is 0. The molecule has 90 valence electrons. The van der Waals surface area contributed by atoms with E-state index in [1.54, 1.807) is 4.68 Å². The van der Waals surface area contributed by atoms with Gasteiger partial charge >= 0.3 is 0 Å². The van der Waals surface area contributed by atoms with Gasteiger partial charge in [0, 0.05) is 18.3 Å². The summed E-state index contributed by atoms with van der Waals surface area (Å²) in [4.78, 5) is 0. The van der Waals surface area contributed by atoms with Crippen molar-refractivity contribution in [2.45, 2.75) is 13.0 Å². The van der Waals surface area contributed by atoms with Gasteiger partial charge in [0.15, 0.2) is 0 Å². The highest BCUT2D eigenvalue weighted by molar-refractivity contribution is 6.30. The van der Waals surface area contributed by atoms with Gasteiger partial charge in [0.25, 0.3) is 0 Å². The lowest BCUT2D eigenvalue weighted by Crippen LogP contribution is -2.19. The van der Waals surface area contributed by atoms with E-state index in [-0.39, 0.29) is 6.04 Å². The maximum absolute atomic E-state index is 6.06. The van der Waals surface area contributed by atoms with Gasteiger partial charge in [-0.2, -0.15) is 5.10 Å². The van der Waals surface area contributed by atoms with Crippen LogP contribution in [-0.2, 0) is 7.05 Å². The van der Waals surface area contributed by atoms with Crippen LogP contribution in [0.3, 0.4) is 0 Å². The second-order valence-corrected chi connectivity index (χ2v) is 4.57. The topological polar surface area (TPSA) is 29.9 Å². The Hall–Kier alpha value is -1.32.